The molecule has 3 rings (SSSR count). The molecule has 1 atom stereocenters. The Labute approximate surface area is 126 Å². The second-order valence-corrected chi connectivity index (χ2v) is 6.63. The van der Waals surface area contributed by atoms with Crippen LogP contribution in [0.2, 0.25) is 0 Å². The van der Waals surface area contributed by atoms with Gasteiger partial charge in [0.2, 0.25) is 12.5 Å². The zero-order valence-electron chi connectivity index (χ0n) is 13.0. The molecule has 1 saturated heterocycles. The molecule has 116 valence electrons. The van der Waals surface area contributed by atoms with Crippen LogP contribution >= 0.6 is 0 Å². The van der Waals surface area contributed by atoms with Crippen molar-refractivity contribution in [1.82, 2.24) is 4.90 Å². The second-order valence-electron chi connectivity index (χ2n) is 6.63. The highest BCUT2D eigenvalue weighted by atomic mass is 16.7. The maximum absolute atomic E-state index is 6.20. The smallest absolute Gasteiger partial charge is 0.231 e. The molecule has 2 aliphatic rings. The summed E-state index contributed by atoms with van der Waals surface area (Å²) in [6, 6.07) is 4.36. The highest BCUT2D eigenvalue weighted by Gasteiger charge is 2.33. The summed E-state index contributed by atoms with van der Waals surface area (Å²) in [6.45, 7) is 7.66. The molecule has 1 fully saturated rings. The van der Waals surface area contributed by atoms with Gasteiger partial charge in [-0.2, -0.15) is 0 Å². The third-order valence-electron chi connectivity index (χ3n) is 4.52. The molecule has 5 nitrogen and oxygen atoms in total. The van der Waals surface area contributed by atoms with Crippen LogP contribution < -0.4 is 19.9 Å². The summed E-state index contributed by atoms with van der Waals surface area (Å²) in [7, 11) is 1.66. The molecule has 1 aromatic carbocycles. The fourth-order valence-corrected chi connectivity index (χ4v) is 3.15. The van der Waals surface area contributed by atoms with Gasteiger partial charge < -0.3 is 19.9 Å². The first-order chi connectivity index (χ1) is 9.99. The first-order valence-corrected chi connectivity index (χ1v) is 7.44. The van der Waals surface area contributed by atoms with Crippen LogP contribution in [0.4, 0.5) is 0 Å². The number of piperidine rings is 1. The number of fused-ring (bicyclic) bond motifs is 1. The molecule has 0 saturated carbocycles. The van der Waals surface area contributed by atoms with E-state index in [1.54, 1.807) is 7.11 Å². The number of benzene rings is 1. The summed E-state index contributed by atoms with van der Waals surface area (Å²) in [4.78, 5) is 2.44. The van der Waals surface area contributed by atoms with Crippen molar-refractivity contribution in [3.63, 3.8) is 0 Å². The van der Waals surface area contributed by atoms with Crippen LogP contribution in [0.5, 0.6) is 17.2 Å². The third kappa shape index (κ3) is 2.80. The number of likely N-dealkylation sites (tertiary alicyclic amines) is 1. The average molecular weight is 292 g/mol. The van der Waals surface area contributed by atoms with E-state index in [0.717, 1.165) is 37.6 Å². The Morgan fingerprint density at radius 1 is 1.38 bits per heavy atom. The zero-order valence-corrected chi connectivity index (χ0v) is 13.0. The van der Waals surface area contributed by atoms with Gasteiger partial charge in [-0.15, -0.1) is 0 Å². The number of ether oxygens (including phenoxy) is 3. The fourth-order valence-electron chi connectivity index (χ4n) is 3.15. The second kappa shape index (κ2) is 5.39. The van der Waals surface area contributed by atoms with Crippen LogP contribution in [0.1, 0.15) is 25.8 Å². The minimum absolute atomic E-state index is 0.151. The Bertz CT molecular complexity index is 530. The molecular weight excluding hydrogens is 268 g/mol. The van der Waals surface area contributed by atoms with E-state index in [-0.39, 0.29) is 18.2 Å². The van der Waals surface area contributed by atoms with Crippen molar-refractivity contribution >= 4 is 0 Å². The number of nitrogens with zero attached hydrogens (tertiary/aromatic N) is 1. The molecule has 0 spiro atoms. The van der Waals surface area contributed by atoms with E-state index in [0.29, 0.717) is 5.75 Å². The Morgan fingerprint density at radius 3 is 2.90 bits per heavy atom. The molecule has 2 heterocycles. The fraction of sp³-hybridized carbons (Fsp3) is 0.625. The van der Waals surface area contributed by atoms with E-state index in [1.807, 2.05) is 12.1 Å². The molecule has 5 heteroatoms. The van der Waals surface area contributed by atoms with Gasteiger partial charge >= 0.3 is 0 Å². The maximum Gasteiger partial charge on any atom is 0.231 e. The molecule has 0 aromatic heterocycles. The molecular formula is C16H24N2O3. The van der Waals surface area contributed by atoms with Crippen LogP contribution in [0.25, 0.3) is 0 Å². The number of hydrogen-bond acceptors (Lipinski definition) is 5. The standard InChI is InChI=1S/C16H24N2O3/c1-16(2)9-18(5-4-14(16)17)8-11-6-12(19-3)15-13(7-11)20-10-21-15/h6-7,14H,4-5,8-10,17H2,1-3H3. The molecule has 2 aliphatic heterocycles. The van der Waals surface area contributed by atoms with Gasteiger partial charge in [-0.25, -0.2) is 0 Å². The quantitative estimate of drug-likeness (QED) is 0.923. The van der Waals surface area contributed by atoms with Gasteiger partial charge in [-0.1, -0.05) is 13.8 Å². The Morgan fingerprint density at radius 2 is 2.19 bits per heavy atom. The number of methoxy groups -OCH3 is 1. The third-order valence-corrected chi connectivity index (χ3v) is 4.52. The SMILES string of the molecule is COc1cc(CN2CCC(N)C(C)(C)C2)cc2c1OCO2. The van der Waals surface area contributed by atoms with Crippen molar-refractivity contribution in [3.05, 3.63) is 17.7 Å². The Balaban J connectivity index is 1.77. The van der Waals surface area contributed by atoms with E-state index in [1.165, 1.54) is 5.56 Å². The van der Waals surface area contributed by atoms with Gasteiger partial charge in [0, 0.05) is 25.7 Å². The first kappa shape index (κ1) is 14.5. The Kier molecular flexibility index (Phi) is 3.71. The summed E-state index contributed by atoms with van der Waals surface area (Å²) in [5.74, 6) is 2.23. The van der Waals surface area contributed by atoms with E-state index >= 15 is 0 Å². The van der Waals surface area contributed by atoms with Crippen LogP contribution in [-0.4, -0.2) is 37.9 Å². The predicted octanol–water partition coefficient (Wildman–Crippen LogP) is 1.98. The highest BCUT2D eigenvalue weighted by Crippen LogP contribution is 2.42. The number of rotatable bonds is 3. The lowest BCUT2D eigenvalue weighted by Gasteiger charge is -2.42. The van der Waals surface area contributed by atoms with Crippen molar-refractivity contribution in [2.24, 2.45) is 11.1 Å². The molecule has 0 amide bonds. The van der Waals surface area contributed by atoms with Gasteiger partial charge in [0.1, 0.15) is 0 Å². The summed E-state index contributed by atoms with van der Waals surface area (Å²) < 4.78 is 16.3. The molecule has 1 unspecified atom stereocenters. The van der Waals surface area contributed by atoms with Gasteiger partial charge in [0.05, 0.1) is 7.11 Å². The van der Waals surface area contributed by atoms with E-state index in [9.17, 15) is 0 Å². The molecule has 0 aliphatic carbocycles. The van der Waals surface area contributed by atoms with Gasteiger partial charge in [-0.3, -0.25) is 4.90 Å². The monoisotopic (exact) mass is 292 g/mol. The average Bonchev–Trinajstić information content (AvgIpc) is 2.90. The molecule has 2 N–H and O–H groups in total. The zero-order chi connectivity index (χ0) is 15.0. The van der Waals surface area contributed by atoms with Gasteiger partial charge in [-0.05, 0) is 29.5 Å². The van der Waals surface area contributed by atoms with Crippen LogP contribution in [-0.2, 0) is 6.54 Å². The first-order valence-electron chi connectivity index (χ1n) is 7.44. The summed E-state index contributed by atoms with van der Waals surface area (Å²) in [5.41, 5.74) is 7.54. The molecule has 0 bridgehead atoms. The largest absolute Gasteiger partial charge is 0.493 e. The summed E-state index contributed by atoms with van der Waals surface area (Å²) >= 11 is 0. The lowest BCUT2D eigenvalue weighted by atomic mass is 9.79. The normalized spacial score (nSPS) is 24.1. The van der Waals surface area contributed by atoms with E-state index < -0.39 is 0 Å². The van der Waals surface area contributed by atoms with E-state index in [4.69, 9.17) is 19.9 Å². The Hall–Kier alpha value is -1.46. The van der Waals surface area contributed by atoms with Gasteiger partial charge in [0.15, 0.2) is 11.5 Å². The number of hydrogen-bond donors (Lipinski definition) is 1. The van der Waals surface area contributed by atoms with Crippen LogP contribution in [0, 0.1) is 5.41 Å². The minimum atomic E-state index is 0.151. The molecule has 1 aromatic rings. The topological polar surface area (TPSA) is 57.0 Å². The maximum atomic E-state index is 6.20. The van der Waals surface area contributed by atoms with Crippen molar-refractivity contribution < 1.29 is 14.2 Å². The van der Waals surface area contributed by atoms with Crippen LogP contribution in [0.15, 0.2) is 12.1 Å². The van der Waals surface area contributed by atoms with Crippen molar-refractivity contribution in [2.45, 2.75) is 32.9 Å². The van der Waals surface area contributed by atoms with Crippen molar-refractivity contribution in [1.29, 1.82) is 0 Å². The van der Waals surface area contributed by atoms with Crippen LogP contribution in [0.3, 0.4) is 0 Å². The lowest BCUT2D eigenvalue weighted by Crippen LogP contribution is -2.52. The predicted molar refractivity (Wildman–Crippen MR) is 80.8 cm³/mol. The minimum Gasteiger partial charge on any atom is -0.493 e. The summed E-state index contributed by atoms with van der Waals surface area (Å²) in [5, 5.41) is 0. The highest BCUT2D eigenvalue weighted by molar-refractivity contribution is 5.55. The summed E-state index contributed by atoms with van der Waals surface area (Å²) in [6.07, 6.45) is 1.04. The molecule has 21 heavy (non-hydrogen) atoms. The molecule has 0 radical (unpaired) electrons. The van der Waals surface area contributed by atoms with Crippen molar-refractivity contribution in [2.75, 3.05) is 27.0 Å². The van der Waals surface area contributed by atoms with Crippen molar-refractivity contribution in [3.8, 4) is 17.2 Å². The van der Waals surface area contributed by atoms with Gasteiger partial charge in [0.25, 0.3) is 0 Å². The van der Waals surface area contributed by atoms with E-state index in [2.05, 4.69) is 18.7 Å². The lowest BCUT2D eigenvalue weighted by molar-refractivity contribution is 0.0898. The number of nitrogens with two attached hydrogens (primary N) is 1.